The molecule has 0 bridgehead atoms. The third-order valence-electron chi connectivity index (χ3n) is 2.11. The average Bonchev–Trinajstić information content (AvgIpc) is 2.64. The summed E-state index contributed by atoms with van der Waals surface area (Å²) in [5.41, 5.74) is 1.13. The fourth-order valence-electron chi connectivity index (χ4n) is 1.27. The molecule has 0 atom stereocenters. The number of thiazole rings is 1. The largest absolute Gasteiger partial charge is 0.296 e. The van der Waals surface area contributed by atoms with E-state index < -0.39 is 5.82 Å². The second-order valence-corrected chi connectivity index (χ2v) is 4.82. The van der Waals surface area contributed by atoms with Crippen molar-refractivity contribution >= 4 is 29.2 Å². The number of carbonyl (C=O) groups is 1. The van der Waals surface area contributed by atoms with Crippen molar-refractivity contribution < 1.29 is 9.18 Å². The first-order valence-electron chi connectivity index (χ1n) is 4.50. The SMILES string of the molecule is Cc1sc(-c2ccc(F)c(Cl)c2)nc1C=O. The minimum atomic E-state index is -0.464. The minimum absolute atomic E-state index is 0.0537. The van der Waals surface area contributed by atoms with Gasteiger partial charge in [-0.3, -0.25) is 4.79 Å². The summed E-state index contributed by atoms with van der Waals surface area (Å²) < 4.78 is 13.0. The predicted molar refractivity (Wildman–Crippen MR) is 62.6 cm³/mol. The maximum absolute atomic E-state index is 13.0. The van der Waals surface area contributed by atoms with Crippen LogP contribution in [0.2, 0.25) is 5.02 Å². The molecule has 0 amide bonds. The van der Waals surface area contributed by atoms with Crippen LogP contribution in [-0.2, 0) is 0 Å². The van der Waals surface area contributed by atoms with Gasteiger partial charge in [-0.25, -0.2) is 9.37 Å². The van der Waals surface area contributed by atoms with E-state index in [9.17, 15) is 9.18 Å². The zero-order valence-corrected chi connectivity index (χ0v) is 9.90. The van der Waals surface area contributed by atoms with Crippen LogP contribution in [0.3, 0.4) is 0 Å². The maximum Gasteiger partial charge on any atom is 0.169 e. The summed E-state index contributed by atoms with van der Waals surface area (Å²) in [5, 5.41) is 0.722. The zero-order chi connectivity index (χ0) is 11.7. The topological polar surface area (TPSA) is 30.0 Å². The first-order valence-corrected chi connectivity index (χ1v) is 5.69. The number of benzene rings is 1. The Morgan fingerprint density at radius 2 is 2.25 bits per heavy atom. The number of halogens is 2. The van der Waals surface area contributed by atoms with Gasteiger partial charge in [-0.1, -0.05) is 11.6 Å². The molecule has 1 aromatic heterocycles. The molecule has 82 valence electrons. The van der Waals surface area contributed by atoms with Gasteiger partial charge in [0.05, 0.1) is 5.02 Å². The van der Waals surface area contributed by atoms with Gasteiger partial charge in [0.2, 0.25) is 0 Å². The number of aromatic nitrogens is 1. The van der Waals surface area contributed by atoms with Crippen molar-refractivity contribution in [2.45, 2.75) is 6.92 Å². The van der Waals surface area contributed by atoms with E-state index in [-0.39, 0.29) is 5.02 Å². The van der Waals surface area contributed by atoms with Gasteiger partial charge in [0, 0.05) is 10.4 Å². The lowest BCUT2D eigenvalue weighted by Gasteiger charge is -1.97. The first-order chi connectivity index (χ1) is 7.61. The van der Waals surface area contributed by atoms with Gasteiger partial charge >= 0.3 is 0 Å². The molecule has 0 unspecified atom stereocenters. The quantitative estimate of drug-likeness (QED) is 0.766. The number of nitrogens with zero attached hydrogens (tertiary/aromatic N) is 1. The molecule has 0 saturated carbocycles. The average molecular weight is 256 g/mol. The third kappa shape index (κ3) is 1.99. The van der Waals surface area contributed by atoms with Gasteiger partial charge in [-0.05, 0) is 25.1 Å². The van der Waals surface area contributed by atoms with Gasteiger partial charge in [-0.15, -0.1) is 11.3 Å². The van der Waals surface area contributed by atoms with Crippen LogP contribution in [0.4, 0.5) is 4.39 Å². The van der Waals surface area contributed by atoms with Gasteiger partial charge in [0.15, 0.2) is 6.29 Å². The van der Waals surface area contributed by atoms with Gasteiger partial charge in [-0.2, -0.15) is 0 Å². The molecule has 1 heterocycles. The highest BCUT2D eigenvalue weighted by Crippen LogP contribution is 2.29. The molecule has 0 spiro atoms. The molecule has 1 aromatic carbocycles. The van der Waals surface area contributed by atoms with Crippen LogP contribution in [0.5, 0.6) is 0 Å². The summed E-state index contributed by atoms with van der Waals surface area (Å²) in [6, 6.07) is 4.38. The number of hydrogen-bond donors (Lipinski definition) is 0. The lowest BCUT2D eigenvalue weighted by Crippen LogP contribution is -1.83. The molecule has 0 aliphatic heterocycles. The number of aldehydes is 1. The second kappa shape index (κ2) is 4.31. The molecular weight excluding hydrogens is 249 g/mol. The van der Waals surface area contributed by atoms with Crippen molar-refractivity contribution in [1.82, 2.24) is 4.98 Å². The van der Waals surface area contributed by atoms with E-state index in [4.69, 9.17) is 11.6 Å². The molecule has 0 fully saturated rings. The van der Waals surface area contributed by atoms with Crippen LogP contribution in [0.1, 0.15) is 15.4 Å². The molecule has 5 heteroatoms. The molecule has 0 saturated heterocycles. The van der Waals surface area contributed by atoms with Crippen molar-refractivity contribution in [3.63, 3.8) is 0 Å². The lowest BCUT2D eigenvalue weighted by molar-refractivity contribution is 0.111. The Kier molecular flexibility index (Phi) is 3.03. The first kappa shape index (κ1) is 11.2. The fraction of sp³-hybridized carbons (Fsp3) is 0.0909. The third-order valence-corrected chi connectivity index (χ3v) is 3.44. The highest BCUT2D eigenvalue weighted by atomic mass is 35.5. The minimum Gasteiger partial charge on any atom is -0.296 e. The Morgan fingerprint density at radius 3 is 2.81 bits per heavy atom. The zero-order valence-electron chi connectivity index (χ0n) is 8.33. The van der Waals surface area contributed by atoms with E-state index in [1.54, 1.807) is 6.07 Å². The Hall–Kier alpha value is -1.26. The summed E-state index contributed by atoms with van der Waals surface area (Å²) in [6.07, 6.45) is 0.709. The van der Waals surface area contributed by atoms with Gasteiger partial charge in [0.25, 0.3) is 0 Å². The molecule has 16 heavy (non-hydrogen) atoms. The monoisotopic (exact) mass is 255 g/mol. The summed E-state index contributed by atoms with van der Waals surface area (Å²) in [7, 11) is 0. The Labute approximate surface area is 101 Å². The van der Waals surface area contributed by atoms with Crippen molar-refractivity contribution in [3.05, 3.63) is 39.6 Å². The number of rotatable bonds is 2. The van der Waals surface area contributed by atoms with Crippen molar-refractivity contribution in [2.24, 2.45) is 0 Å². The second-order valence-electron chi connectivity index (χ2n) is 3.21. The Morgan fingerprint density at radius 1 is 1.50 bits per heavy atom. The van der Waals surface area contributed by atoms with Crippen molar-refractivity contribution in [2.75, 3.05) is 0 Å². The molecule has 2 nitrogen and oxygen atoms in total. The van der Waals surface area contributed by atoms with Crippen LogP contribution >= 0.6 is 22.9 Å². The van der Waals surface area contributed by atoms with E-state index in [1.807, 2.05) is 6.92 Å². The smallest absolute Gasteiger partial charge is 0.169 e. The van der Waals surface area contributed by atoms with Gasteiger partial charge < -0.3 is 0 Å². The van der Waals surface area contributed by atoms with E-state index in [0.29, 0.717) is 22.6 Å². The highest BCUT2D eigenvalue weighted by molar-refractivity contribution is 7.15. The molecule has 0 radical (unpaired) electrons. The van der Waals surface area contributed by atoms with Crippen LogP contribution in [-0.4, -0.2) is 11.3 Å². The predicted octanol–water partition coefficient (Wildman–Crippen LogP) is 3.72. The molecule has 0 N–H and O–H groups in total. The summed E-state index contributed by atoms with van der Waals surface area (Å²) >= 11 is 7.06. The standard InChI is InChI=1S/C11H7ClFNOS/c1-6-10(5-15)14-11(16-6)7-2-3-9(13)8(12)4-7/h2-5H,1H3. The van der Waals surface area contributed by atoms with Crippen LogP contribution < -0.4 is 0 Å². The Bertz CT molecular complexity index is 553. The van der Waals surface area contributed by atoms with E-state index >= 15 is 0 Å². The van der Waals surface area contributed by atoms with E-state index in [0.717, 1.165) is 4.88 Å². The number of aryl methyl sites for hydroxylation is 1. The summed E-state index contributed by atoms with van der Waals surface area (Å²) in [6.45, 7) is 1.82. The lowest BCUT2D eigenvalue weighted by atomic mass is 10.2. The number of hydrogen-bond acceptors (Lipinski definition) is 3. The number of carbonyl (C=O) groups excluding carboxylic acids is 1. The van der Waals surface area contributed by atoms with Crippen LogP contribution in [0.25, 0.3) is 10.6 Å². The molecule has 0 aliphatic rings. The molecule has 0 aliphatic carbocycles. The van der Waals surface area contributed by atoms with E-state index in [2.05, 4.69) is 4.98 Å². The van der Waals surface area contributed by atoms with Crippen molar-refractivity contribution in [1.29, 1.82) is 0 Å². The highest BCUT2D eigenvalue weighted by Gasteiger charge is 2.10. The molecule has 2 rings (SSSR count). The fourth-order valence-corrected chi connectivity index (χ4v) is 2.33. The normalized spacial score (nSPS) is 10.4. The summed E-state index contributed by atoms with van der Waals surface area (Å²) in [4.78, 5) is 15.6. The molecular formula is C11H7ClFNOS. The molecule has 2 aromatic rings. The van der Waals surface area contributed by atoms with Crippen molar-refractivity contribution in [3.8, 4) is 10.6 Å². The van der Waals surface area contributed by atoms with Crippen LogP contribution in [0.15, 0.2) is 18.2 Å². The van der Waals surface area contributed by atoms with E-state index in [1.165, 1.54) is 23.5 Å². The summed E-state index contributed by atoms with van der Waals surface area (Å²) in [5.74, 6) is -0.464. The Balaban J connectivity index is 2.50. The van der Waals surface area contributed by atoms with Gasteiger partial charge in [0.1, 0.15) is 16.5 Å². The van der Waals surface area contributed by atoms with Crippen LogP contribution in [0, 0.1) is 12.7 Å². The maximum atomic E-state index is 13.0.